The van der Waals surface area contributed by atoms with E-state index < -0.39 is 0 Å². The highest BCUT2D eigenvalue weighted by Crippen LogP contribution is 2.61. The predicted octanol–water partition coefficient (Wildman–Crippen LogP) is 6.44. The monoisotopic (exact) mass is 406 g/mol. The highest BCUT2D eigenvalue weighted by Gasteiger charge is 2.53. The van der Waals surface area contributed by atoms with Gasteiger partial charge >= 0.3 is 0 Å². The minimum Gasteiger partial charge on any atom is -0.374 e. The fraction of sp³-hybridized carbons (Fsp3) is 0.769. The van der Waals surface area contributed by atoms with Crippen LogP contribution in [0.25, 0.3) is 0 Å². The first-order valence-corrected chi connectivity index (χ1v) is 12.5. The van der Waals surface area contributed by atoms with Gasteiger partial charge in [0.25, 0.3) is 5.69 Å². The van der Waals surface area contributed by atoms with Crippen molar-refractivity contribution in [1.82, 2.24) is 0 Å². The Hall–Kier alpha value is -1.58. The molecule has 0 heterocycles. The van der Waals surface area contributed by atoms with Gasteiger partial charge in [-0.3, -0.25) is 10.1 Å². The van der Waals surface area contributed by atoms with Crippen molar-refractivity contribution in [2.75, 3.05) is 5.32 Å². The third-order valence-corrected chi connectivity index (χ3v) is 10.3. The summed E-state index contributed by atoms with van der Waals surface area (Å²) in [4.78, 5) is 12.0. The van der Waals surface area contributed by atoms with Gasteiger partial charge in [0.05, 0.1) is 4.92 Å². The van der Waals surface area contributed by atoms with Crippen molar-refractivity contribution in [2.45, 2.75) is 88.0 Å². The van der Waals surface area contributed by atoms with Gasteiger partial charge < -0.3 is 5.32 Å². The zero-order valence-electron chi connectivity index (χ0n) is 17.9. The second kappa shape index (κ2) is 6.01. The van der Waals surface area contributed by atoms with Crippen LogP contribution in [-0.2, 0) is 5.41 Å². The Balaban J connectivity index is 1.22. The van der Waals surface area contributed by atoms with Crippen LogP contribution in [0.3, 0.4) is 0 Å². The quantitative estimate of drug-likeness (QED) is 0.462. The van der Waals surface area contributed by atoms with Crippen LogP contribution >= 0.6 is 0 Å². The van der Waals surface area contributed by atoms with Gasteiger partial charge in [-0.05, 0) is 130 Å². The van der Waals surface area contributed by atoms with Gasteiger partial charge in [-0.1, -0.05) is 6.07 Å². The van der Waals surface area contributed by atoms with Gasteiger partial charge in [-0.25, -0.2) is 0 Å². The lowest BCUT2D eigenvalue weighted by Crippen LogP contribution is -2.54. The van der Waals surface area contributed by atoms with Gasteiger partial charge in [-0.2, -0.15) is 0 Å². The number of nitrogens with zero attached hydrogens (tertiary/aromatic N) is 1. The first-order valence-electron chi connectivity index (χ1n) is 12.5. The minimum atomic E-state index is -0.118. The number of nitro groups is 1. The summed E-state index contributed by atoms with van der Waals surface area (Å²) in [5, 5.41) is 15.9. The maximum atomic E-state index is 12.2. The van der Waals surface area contributed by atoms with Crippen LogP contribution in [0.15, 0.2) is 18.2 Å². The van der Waals surface area contributed by atoms with Crippen molar-refractivity contribution >= 4 is 11.4 Å². The van der Waals surface area contributed by atoms with E-state index in [0.29, 0.717) is 5.69 Å². The number of benzene rings is 1. The van der Waals surface area contributed by atoms with Crippen molar-refractivity contribution in [3.05, 3.63) is 33.9 Å². The lowest BCUT2D eigenvalue weighted by atomic mass is 9.48. The molecule has 0 saturated heterocycles. The average molecular weight is 407 g/mol. The van der Waals surface area contributed by atoms with Gasteiger partial charge in [0, 0.05) is 11.6 Å². The van der Waals surface area contributed by atoms with E-state index in [1.54, 1.807) is 0 Å². The number of hydrogen-bond donors (Lipinski definition) is 1. The molecule has 1 aromatic carbocycles. The largest absolute Gasteiger partial charge is 0.374 e. The molecule has 4 heteroatoms. The Morgan fingerprint density at radius 1 is 0.767 bits per heavy atom. The van der Waals surface area contributed by atoms with Crippen LogP contribution in [0.4, 0.5) is 11.4 Å². The molecule has 8 aliphatic rings. The first-order chi connectivity index (χ1) is 14.5. The lowest BCUT2D eigenvalue weighted by molar-refractivity contribution is -0.384. The molecule has 8 bridgehead atoms. The highest BCUT2D eigenvalue weighted by atomic mass is 16.6. The third-order valence-electron chi connectivity index (χ3n) is 10.3. The molecule has 8 saturated carbocycles. The molecule has 30 heavy (non-hydrogen) atoms. The molecular weight excluding hydrogens is 372 g/mol. The summed E-state index contributed by atoms with van der Waals surface area (Å²) in [5.41, 5.74) is 2.72. The molecule has 0 spiro atoms. The van der Waals surface area contributed by atoms with E-state index >= 15 is 0 Å². The van der Waals surface area contributed by atoms with Crippen molar-refractivity contribution in [3.8, 4) is 0 Å². The SMILES string of the molecule is O=[N+]([O-])c1cc(C23CC4CC(CC(C4)C2)C3)ccc1NC12CC3CC(CC(C3)C1)C2. The van der Waals surface area contributed by atoms with Crippen molar-refractivity contribution in [2.24, 2.45) is 35.5 Å². The normalized spacial score (nSPS) is 47.6. The topological polar surface area (TPSA) is 55.2 Å². The highest BCUT2D eigenvalue weighted by molar-refractivity contribution is 5.65. The zero-order chi connectivity index (χ0) is 20.1. The molecule has 4 nitrogen and oxygen atoms in total. The fourth-order valence-electron chi connectivity index (χ4n) is 10.1. The van der Waals surface area contributed by atoms with Crippen molar-refractivity contribution in [1.29, 1.82) is 0 Å². The molecule has 160 valence electrons. The maximum absolute atomic E-state index is 12.2. The smallest absolute Gasteiger partial charge is 0.292 e. The Kier molecular flexibility index (Phi) is 3.61. The van der Waals surface area contributed by atoms with Crippen LogP contribution in [-0.4, -0.2) is 10.5 Å². The standard InChI is InChI=1S/C26H34N2O2/c29-28(30)24-9-22(25-10-16-3-17(11-25)5-18(4-16)12-25)1-2-23(24)27-26-13-19-6-20(14-26)8-21(7-19)15-26/h1-2,9,16-21,27H,3-8,10-15H2. The van der Waals surface area contributed by atoms with Crippen LogP contribution in [0, 0.1) is 45.6 Å². The molecule has 1 aromatic rings. The van der Waals surface area contributed by atoms with Crippen LogP contribution in [0.1, 0.15) is 82.6 Å². The number of hydrogen-bond acceptors (Lipinski definition) is 3. The summed E-state index contributed by atoms with van der Waals surface area (Å²) in [6.45, 7) is 0. The molecule has 0 aromatic heterocycles. The number of rotatable bonds is 4. The molecular formula is C26H34N2O2. The summed E-state index contributed by atoms with van der Waals surface area (Å²) >= 11 is 0. The summed E-state index contributed by atoms with van der Waals surface area (Å²) in [6, 6.07) is 6.34. The molecule has 1 N–H and O–H groups in total. The summed E-state index contributed by atoms with van der Waals surface area (Å²) < 4.78 is 0. The Morgan fingerprint density at radius 3 is 1.70 bits per heavy atom. The van der Waals surface area contributed by atoms with Gasteiger partial charge in [0.1, 0.15) is 5.69 Å². The van der Waals surface area contributed by atoms with E-state index in [2.05, 4.69) is 17.4 Å². The molecule has 0 atom stereocenters. The van der Waals surface area contributed by atoms with Gasteiger partial charge in [0.15, 0.2) is 0 Å². The molecule has 8 aliphatic carbocycles. The van der Waals surface area contributed by atoms with Gasteiger partial charge in [-0.15, -0.1) is 0 Å². The van der Waals surface area contributed by atoms with E-state index in [1.165, 1.54) is 82.6 Å². The van der Waals surface area contributed by atoms with Crippen molar-refractivity contribution in [3.63, 3.8) is 0 Å². The second-order valence-corrected chi connectivity index (χ2v) is 12.5. The summed E-state index contributed by atoms with van der Waals surface area (Å²) in [5.74, 6) is 5.11. The van der Waals surface area contributed by atoms with E-state index in [4.69, 9.17) is 0 Å². The first kappa shape index (κ1) is 18.0. The molecule has 9 rings (SSSR count). The molecule has 0 amide bonds. The van der Waals surface area contributed by atoms with E-state index in [9.17, 15) is 10.1 Å². The zero-order valence-corrected chi connectivity index (χ0v) is 17.9. The van der Waals surface area contributed by atoms with Gasteiger partial charge in [0.2, 0.25) is 0 Å². The molecule has 8 fully saturated rings. The Bertz CT molecular complexity index is 836. The van der Waals surface area contributed by atoms with Crippen LogP contribution in [0.2, 0.25) is 0 Å². The van der Waals surface area contributed by atoms with E-state index in [0.717, 1.165) is 41.2 Å². The third kappa shape index (κ3) is 2.64. The number of anilines is 1. The summed E-state index contributed by atoms with van der Waals surface area (Å²) in [6.07, 6.45) is 15.9. The Labute approximate surface area is 179 Å². The average Bonchev–Trinajstić information content (AvgIpc) is 2.65. The summed E-state index contributed by atoms with van der Waals surface area (Å²) in [7, 11) is 0. The minimum absolute atomic E-state index is 0.113. The molecule has 0 aliphatic heterocycles. The number of nitrogens with one attached hydrogen (secondary N) is 1. The van der Waals surface area contributed by atoms with Crippen molar-refractivity contribution < 1.29 is 4.92 Å². The second-order valence-electron chi connectivity index (χ2n) is 12.5. The number of nitro benzene ring substituents is 1. The molecule has 0 unspecified atom stereocenters. The van der Waals surface area contributed by atoms with Crippen LogP contribution in [0.5, 0.6) is 0 Å². The lowest BCUT2D eigenvalue weighted by Gasteiger charge is -2.57. The predicted molar refractivity (Wildman–Crippen MR) is 117 cm³/mol. The van der Waals surface area contributed by atoms with E-state index in [-0.39, 0.29) is 15.9 Å². The molecule has 0 radical (unpaired) electrons. The van der Waals surface area contributed by atoms with E-state index in [1.807, 2.05) is 6.07 Å². The maximum Gasteiger partial charge on any atom is 0.292 e. The van der Waals surface area contributed by atoms with Crippen LogP contribution < -0.4 is 5.32 Å². The Morgan fingerprint density at radius 2 is 1.23 bits per heavy atom. The fourth-order valence-corrected chi connectivity index (χ4v) is 10.1.